The van der Waals surface area contributed by atoms with Gasteiger partial charge < -0.3 is 4.90 Å². The van der Waals surface area contributed by atoms with E-state index in [0.717, 1.165) is 10.3 Å². The van der Waals surface area contributed by atoms with Crippen molar-refractivity contribution in [1.82, 2.24) is 9.88 Å². The average molecular weight is 480 g/mol. The molecule has 0 saturated heterocycles. The summed E-state index contributed by atoms with van der Waals surface area (Å²) in [4.78, 5) is 21.8. The first-order valence-electron chi connectivity index (χ1n) is 9.92. The minimum absolute atomic E-state index is 0.100. The molecule has 31 heavy (non-hydrogen) atoms. The summed E-state index contributed by atoms with van der Waals surface area (Å²) < 4.78 is 25.6. The van der Waals surface area contributed by atoms with Crippen LogP contribution in [0.5, 0.6) is 0 Å². The molecular formula is C22H26ClN3O3S2. The van der Waals surface area contributed by atoms with Gasteiger partial charge in [0.1, 0.15) is 5.52 Å². The molecule has 166 valence electrons. The van der Waals surface area contributed by atoms with Gasteiger partial charge in [-0.25, -0.2) is 13.4 Å². The summed E-state index contributed by atoms with van der Waals surface area (Å²) >= 11 is 7.70. The van der Waals surface area contributed by atoms with E-state index < -0.39 is 15.1 Å². The normalized spacial score (nSPS) is 12.1. The number of amides is 1. The van der Waals surface area contributed by atoms with Crippen LogP contribution in [0.25, 0.3) is 10.2 Å². The predicted octanol–water partition coefficient (Wildman–Crippen LogP) is 4.27. The molecule has 9 heteroatoms. The zero-order chi connectivity index (χ0) is 22.8. The van der Waals surface area contributed by atoms with Gasteiger partial charge in [0.15, 0.2) is 15.0 Å². The number of para-hydroxylation sites is 1. The second-order valence-electron chi connectivity index (χ2n) is 7.85. The van der Waals surface area contributed by atoms with E-state index >= 15 is 0 Å². The topological polar surface area (TPSA) is 70.6 Å². The number of anilines is 1. The summed E-state index contributed by atoms with van der Waals surface area (Å²) in [6.45, 7) is 4.48. The molecule has 0 saturated carbocycles. The third-order valence-corrected chi connectivity index (χ3v) is 8.41. The highest BCUT2D eigenvalue weighted by Crippen LogP contribution is 2.33. The van der Waals surface area contributed by atoms with Crippen molar-refractivity contribution in [2.75, 3.05) is 32.1 Å². The number of nitrogens with zero attached hydrogens (tertiary/aromatic N) is 3. The van der Waals surface area contributed by atoms with E-state index in [-0.39, 0.29) is 17.2 Å². The molecule has 1 amide bonds. The molecule has 2 aromatic carbocycles. The maximum atomic E-state index is 13.2. The van der Waals surface area contributed by atoms with Crippen LogP contribution in [0.1, 0.15) is 19.4 Å². The molecule has 0 spiro atoms. The molecule has 3 rings (SSSR count). The summed E-state index contributed by atoms with van der Waals surface area (Å²) in [7, 11) is 0.560. The lowest BCUT2D eigenvalue weighted by Gasteiger charge is -2.22. The number of fused-ring (bicyclic) bond motifs is 1. The number of hydrogen-bond donors (Lipinski definition) is 0. The fourth-order valence-electron chi connectivity index (χ4n) is 2.98. The van der Waals surface area contributed by atoms with E-state index in [9.17, 15) is 13.2 Å². The molecule has 1 aromatic heterocycles. The predicted molar refractivity (Wildman–Crippen MR) is 128 cm³/mol. The number of carbonyl (C=O) groups excluding carboxylic acids is 1. The molecular weight excluding hydrogens is 454 g/mol. The lowest BCUT2D eigenvalue weighted by atomic mass is 10.1. The largest absolute Gasteiger partial charge is 0.308 e. The van der Waals surface area contributed by atoms with E-state index in [2.05, 4.69) is 4.98 Å². The molecule has 0 radical (unpaired) electrons. The van der Waals surface area contributed by atoms with Gasteiger partial charge in [0.05, 0.1) is 26.3 Å². The van der Waals surface area contributed by atoms with Crippen molar-refractivity contribution in [3.8, 4) is 0 Å². The molecule has 0 atom stereocenters. The number of thiazole rings is 1. The first kappa shape index (κ1) is 23.7. The van der Waals surface area contributed by atoms with Crippen molar-refractivity contribution in [2.24, 2.45) is 0 Å². The van der Waals surface area contributed by atoms with Crippen LogP contribution in [-0.2, 0) is 21.1 Å². The van der Waals surface area contributed by atoms with E-state index in [4.69, 9.17) is 11.6 Å². The highest BCUT2D eigenvalue weighted by atomic mass is 35.5. The molecule has 0 fully saturated rings. The highest BCUT2D eigenvalue weighted by Gasteiger charge is 2.22. The van der Waals surface area contributed by atoms with Crippen molar-refractivity contribution >= 4 is 54.0 Å². The lowest BCUT2D eigenvalue weighted by molar-refractivity contribution is -0.118. The zero-order valence-corrected chi connectivity index (χ0v) is 20.4. The standard InChI is InChI=1S/C22H26ClN3O3S2/c1-15(2)31(28,29)17-10-8-16(9-11-17)14-20(27)26(13-12-25(3)4)22-24-21-18(23)6-5-7-19(21)30-22/h5-11,15H,12-14H2,1-4H3. The fourth-order valence-corrected chi connectivity index (χ4v) is 5.35. The monoisotopic (exact) mass is 479 g/mol. The molecule has 1 heterocycles. The Morgan fingerprint density at radius 3 is 2.35 bits per heavy atom. The van der Waals surface area contributed by atoms with Crippen molar-refractivity contribution < 1.29 is 13.2 Å². The zero-order valence-electron chi connectivity index (χ0n) is 18.0. The van der Waals surface area contributed by atoms with Crippen LogP contribution >= 0.6 is 22.9 Å². The number of aromatic nitrogens is 1. The van der Waals surface area contributed by atoms with Gasteiger partial charge in [-0.05, 0) is 57.8 Å². The molecule has 0 aliphatic carbocycles. The second kappa shape index (κ2) is 9.65. The van der Waals surface area contributed by atoms with Crippen molar-refractivity contribution in [2.45, 2.75) is 30.4 Å². The quantitative estimate of drug-likeness (QED) is 0.482. The first-order chi connectivity index (χ1) is 14.6. The first-order valence-corrected chi connectivity index (χ1v) is 12.7. The smallest absolute Gasteiger partial charge is 0.233 e. The highest BCUT2D eigenvalue weighted by molar-refractivity contribution is 7.92. The number of benzene rings is 2. The van der Waals surface area contributed by atoms with Gasteiger partial charge in [-0.3, -0.25) is 9.69 Å². The molecule has 6 nitrogen and oxygen atoms in total. The Hall–Kier alpha value is -2.00. The van der Waals surface area contributed by atoms with Crippen LogP contribution in [0, 0.1) is 0 Å². The summed E-state index contributed by atoms with van der Waals surface area (Å²) in [5, 5.41) is 0.670. The van der Waals surface area contributed by atoms with Crippen LogP contribution in [0.4, 0.5) is 5.13 Å². The third-order valence-electron chi connectivity index (χ3n) is 4.89. The number of hydrogen-bond acceptors (Lipinski definition) is 6. The molecule has 3 aromatic rings. The summed E-state index contributed by atoms with van der Waals surface area (Å²) in [5.41, 5.74) is 1.44. The maximum Gasteiger partial charge on any atom is 0.233 e. The summed E-state index contributed by atoms with van der Waals surface area (Å²) in [5.74, 6) is -0.100. The van der Waals surface area contributed by atoms with Crippen molar-refractivity contribution in [1.29, 1.82) is 0 Å². The Morgan fingerprint density at radius 2 is 1.77 bits per heavy atom. The van der Waals surface area contributed by atoms with Crippen molar-refractivity contribution in [3.63, 3.8) is 0 Å². The van der Waals surface area contributed by atoms with Gasteiger partial charge in [0, 0.05) is 13.1 Å². The van der Waals surface area contributed by atoms with Gasteiger partial charge >= 0.3 is 0 Å². The number of halogens is 1. The van der Waals surface area contributed by atoms with E-state index in [1.165, 1.54) is 11.3 Å². The Morgan fingerprint density at radius 1 is 1.10 bits per heavy atom. The minimum atomic E-state index is -3.34. The Kier molecular flexibility index (Phi) is 7.36. The minimum Gasteiger partial charge on any atom is -0.308 e. The van der Waals surface area contributed by atoms with Crippen LogP contribution in [-0.4, -0.2) is 56.6 Å². The Bertz CT molecular complexity index is 1170. The molecule has 0 unspecified atom stereocenters. The lowest BCUT2D eigenvalue weighted by Crippen LogP contribution is -2.37. The maximum absolute atomic E-state index is 13.2. The van der Waals surface area contributed by atoms with Crippen LogP contribution in [0.2, 0.25) is 5.02 Å². The number of sulfone groups is 1. The summed E-state index contributed by atoms with van der Waals surface area (Å²) in [6, 6.07) is 12.1. The van der Waals surface area contributed by atoms with Gasteiger partial charge in [-0.15, -0.1) is 0 Å². The number of rotatable bonds is 8. The molecule has 0 N–H and O–H groups in total. The van der Waals surface area contributed by atoms with Gasteiger partial charge in [-0.1, -0.05) is 41.1 Å². The van der Waals surface area contributed by atoms with Gasteiger partial charge in [-0.2, -0.15) is 0 Å². The van der Waals surface area contributed by atoms with Crippen LogP contribution in [0.15, 0.2) is 47.4 Å². The van der Waals surface area contributed by atoms with E-state index in [1.807, 2.05) is 31.1 Å². The third kappa shape index (κ3) is 5.44. The van der Waals surface area contributed by atoms with Crippen molar-refractivity contribution in [3.05, 3.63) is 53.1 Å². The van der Waals surface area contributed by atoms with Gasteiger partial charge in [0.2, 0.25) is 5.91 Å². The Balaban J connectivity index is 1.85. The van der Waals surface area contributed by atoms with Crippen LogP contribution in [0.3, 0.4) is 0 Å². The van der Waals surface area contributed by atoms with Crippen LogP contribution < -0.4 is 4.90 Å². The average Bonchev–Trinajstić information content (AvgIpc) is 3.13. The van der Waals surface area contributed by atoms with E-state index in [0.29, 0.717) is 28.8 Å². The fraction of sp³-hybridized carbons (Fsp3) is 0.364. The van der Waals surface area contributed by atoms with E-state index in [1.54, 1.807) is 49.1 Å². The number of carbonyl (C=O) groups is 1. The Labute approximate surface area is 192 Å². The SMILES string of the molecule is CC(C)S(=O)(=O)c1ccc(CC(=O)N(CCN(C)C)c2nc3c(Cl)cccc3s2)cc1. The molecule has 0 aliphatic heterocycles. The van der Waals surface area contributed by atoms with Gasteiger partial charge in [0.25, 0.3) is 0 Å². The number of likely N-dealkylation sites (N-methyl/N-ethyl adjacent to an activating group) is 1. The molecule has 0 aliphatic rings. The second-order valence-corrected chi connectivity index (χ2v) is 11.8. The summed E-state index contributed by atoms with van der Waals surface area (Å²) in [6.07, 6.45) is 0.152. The molecule has 0 bridgehead atoms.